The van der Waals surface area contributed by atoms with Crippen LogP contribution in [0.4, 0.5) is 5.95 Å². The van der Waals surface area contributed by atoms with Crippen LogP contribution in [0.2, 0.25) is 0 Å². The molecule has 0 fully saturated rings. The van der Waals surface area contributed by atoms with Gasteiger partial charge in [0.15, 0.2) is 0 Å². The van der Waals surface area contributed by atoms with Crippen LogP contribution < -0.4 is 5.32 Å². The van der Waals surface area contributed by atoms with Gasteiger partial charge in [-0.1, -0.05) is 12.1 Å². The third-order valence-electron chi connectivity index (χ3n) is 2.30. The molecule has 0 aliphatic carbocycles. The minimum atomic E-state index is 0.746. The van der Waals surface area contributed by atoms with Crippen LogP contribution >= 0.6 is 11.3 Å². The predicted octanol–water partition coefficient (Wildman–Crippen LogP) is 2.79. The molecule has 2 rings (SSSR count). The first-order valence-corrected chi connectivity index (χ1v) is 6.16. The van der Waals surface area contributed by atoms with E-state index < -0.39 is 0 Å². The minimum Gasteiger partial charge on any atom is -0.352 e. The average molecular weight is 233 g/mol. The zero-order valence-electron chi connectivity index (χ0n) is 9.10. The van der Waals surface area contributed by atoms with Gasteiger partial charge in [-0.25, -0.2) is 4.98 Å². The molecule has 0 saturated heterocycles. The van der Waals surface area contributed by atoms with E-state index in [1.54, 1.807) is 11.3 Å². The molecule has 1 N–H and O–H groups in total. The first kappa shape index (κ1) is 11.0. The Labute approximate surface area is 99.5 Å². The van der Waals surface area contributed by atoms with Gasteiger partial charge in [0.05, 0.1) is 0 Å². The van der Waals surface area contributed by atoms with Crippen LogP contribution in [0.5, 0.6) is 0 Å². The lowest BCUT2D eigenvalue weighted by Crippen LogP contribution is -2.08. The van der Waals surface area contributed by atoms with Gasteiger partial charge in [0.1, 0.15) is 0 Å². The van der Waals surface area contributed by atoms with Crippen molar-refractivity contribution in [1.82, 2.24) is 9.55 Å². The van der Waals surface area contributed by atoms with Gasteiger partial charge in [-0.2, -0.15) is 0 Å². The number of imidazole rings is 1. The van der Waals surface area contributed by atoms with Crippen LogP contribution in [-0.4, -0.2) is 16.1 Å². The SMILES string of the molecule is C=CCNc1nccn1CCc1cccs1. The number of nitrogens with zero attached hydrogens (tertiary/aromatic N) is 2. The van der Waals surface area contributed by atoms with Crippen molar-refractivity contribution in [3.63, 3.8) is 0 Å². The molecule has 3 nitrogen and oxygen atoms in total. The van der Waals surface area contributed by atoms with Crippen LogP contribution in [0.3, 0.4) is 0 Å². The first-order chi connectivity index (χ1) is 7.90. The number of hydrogen-bond donors (Lipinski definition) is 1. The summed E-state index contributed by atoms with van der Waals surface area (Å²) >= 11 is 1.80. The fourth-order valence-corrected chi connectivity index (χ4v) is 2.20. The third-order valence-corrected chi connectivity index (χ3v) is 3.24. The molecule has 0 aromatic carbocycles. The number of rotatable bonds is 6. The maximum atomic E-state index is 4.26. The monoisotopic (exact) mass is 233 g/mol. The van der Waals surface area contributed by atoms with Gasteiger partial charge >= 0.3 is 0 Å². The second-order valence-electron chi connectivity index (χ2n) is 3.44. The second-order valence-corrected chi connectivity index (χ2v) is 4.48. The molecule has 0 bridgehead atoms. The summed E-state index contributed by atoms with van der Waals surface area (Å²) in [5.41, 5.74) is 0. The Bertz CT molecular complexity index is 431. The largest absolute Gasteiger partial charge is 0.352 e. The van der Waals surface area contributed by atoms with Crippen LogP contribution in [0, 0.1) is 0 Å². The Morgan fingerprint density at radius 1 is 1.56 bits per heavy atom. The van der Waals surface area contributed by atoms with Gasteiger partial charge in [0, 0.05) is 30.4 Å². The quantitative estimate of drug-likeness (QED) is 0.777. The molecular formula is C12H15N3S. The first-order valence-electron chi connectivity index (χ1n) is 5.28. The normalized spacial score (nSPS) is 10.2. The number of aryl methyl sites for hydroxylation is 2. The molecule has 4 heteroatoms. The van der Waals surface area contributed by atoms with Crippen molar-refractivity contribution in [3.05, 3.63) is 47.4 Å². The van der Waals surface area contributed by atoms with Crippen LogP contribution in [-0.2, 0) is 13.0 Å². The molecule has 2 heterocycles. The zero-order valence-corrected chi connectivity index (χ0v) is 9.91. The molecule has 2 aromatic rings. The highest BCUT2D eigenvalue weighted by molar-refractivity contribution is 7.09. The summed E-state index contributed by atoms with van der Waals surface area (Å²) in [6, 6.07) is 4.25. The fourth-order valence-electron chi connectivity index (χ4n) is 1.51. The Kier molecular flexibility index (Phi) is 3.77. The Hall–Kier alpha value is -1.55. The van der Waals surface area contributed by atoms with Crippen molar-refractivity contribution in [3.8, 4) is 0 Å². The highest BCUT2D eigenvalue weighted by atomic mass is 32.1. The van der Waals surface area contributed by atoms with Gasteiger partial charge in [0.2, 0.25) is 5.95 Å². The highest BCUT2D eigenvalue weighted by Gasteiger charge is 2.01. The van der Waals surface area contributed by atoms with Gasteiger partial charge in [-0.15, -0.1) is 17.9 Å². The molecule has 84 valence electrons. The Balaban J connectivity index is 1.93. The van der Waals surface area contributed by atoms with E-state index in [2.05, 4.69) is 39.0 Å². The summed E-state index contributed by atoms with van der Waals surface area (Å²) in [7, 11) is 0. The van der Waals surface area contributed by atoms with Crippen LogP contribution in [0.1, 0.15) is 4.88 Å². The third kappa shape index (κ3) is 2.73. The molecule has 0 radical (unpaired) electrons. The summed E-state index contributed by atoms with van der Waals surface area (Å²) in [6.45, 7) is 5.38. The molecule has 0 aliphatic rings. The molecule has 2 aromatic heterocycles. The summed E-state index contributed by atoms with van der Waals surface area (Å²) in [5.74, 6) is 0.913. The van der Waals surface area contributed by atoms with E-state index >= 15 is 0 Å². The molecule has 0 atom stereocenters. The number of aromatic nitrogens is 2. The second kappa shape index (κ2) is 5.51. The summed E-state index contributed by atoms with van der Waals surface area (Å²) in [4.78, 5) is 5.67. The topological polar surface area (TPSA) is 29.9 Å². The van der Waals surface area contributed by atoms with Crippen LogP contribution in [0.25, 0.3) is 0 Å². The molecule has 0 amide bonds. The van der Waals surface area contributed by atoms with E-state index in [1.165, 1.54) is 4.88 Å². The number of hydrogen-bond acceptors (Lipinski definition) is 3. The maximum Gasteiger partial charge on any atom is 0.203 e. The minimum absolute atomic E-state index is 0.746. The smallest absolute Gasteiger partial charge is 0.203 e. The standard InChI is InChI=1S/C12H15N3S/c1-2-6-13-12-14-7-9-15(12)8-5-11-4-3-10-16-11/h2-4,7,9-10H,1,5-6,8H2,(H,13,14). The van der Waals surface area contributed by atoms with E-state index in [-0.39, 0.29) is 0 Å². The van der Waals surface area contributed by atoms with E-state index in [0.717, 1.165) is 25.5 Å². The van der Waals surface area contributed by atoms with E-state index in [9.17, 15) is 0 Å². The summed E-state index contributed by atoms with van der Waals surface area (Å²) in [6.07, 6.45) is 6.70. The van der Waals surface area contributed by atoms with Crippen molar-refractivity contribution in [2.45, 2.75) is 13.0 Å². The maximum absolute atomic E-state index is 4.26. The van der Waals surface area contributed by atoms with Crippen molar-refractivity contribution < 1.29 is 0 Å². The summed E-state index contributed by atoms with van der Waals surface area (Å²) < 4.78 is 2.13. The number of anilines is 1. The summed E-state index contributed by atoms with van der Waals surface area (Å²) in [5, 5.41) is 5.32. The zero-order chi connectivity index (χ0) is 11.2. The van der Waals surface area contributed by atoms with Gasteiger partial charge in [0.25, 0.3) is 0 Å². The van der Waals surface area contributed by atoms with Gasteiger partial charge in [-0.05, 0) is 17.9 Å². The van der Waals surface area contributed by atoms with Crippen molar-refractivity contribution in [1.29, 1.82) is 0 Å². The van der Waals surface area contributed by atoms with Crippen molar-refractivity contribution >= 4 is 17.3 Å². The Morgan fingerprint density at radius 3 is 3.25 bits per heavy atom. The molecule has 16 heavy (non-hydrogen) atoms. The van der Waals surface area contributed by atoms with E-state index in [1.807, 2.05) is 18.5 Å². The van der Waals surface area contributed by atoms with E-state index in [0.29, 0.717) is 0 Å². The molecule has 0 unspecified atom stereocenters. The molecule has 0 spiro atoms. The molecule has 0 saturated carbocycles. The fraction of sp³-hybridized carbons (Fsp3) is 0.250. The highest BCUT2D eigenvalue weighted by Crippen LogP contribution is 2.12. The number of thiophene rings is 1. The molecular weight excluding hydrogens is 218 g/mol. The van der Waals surface area contributed by atoms with Crippen molar-refractivity contribution in [2.24, 2.45) is 0 Å². The average Bonchev–Trinajstić information content (AvgIpc) is 2.94. The van der Waals surface area contributed by atoms with Gasteiger partial charge in [-0.3, -0.25) is 0 Å². The lowest BCUT2D eigenvalue weighted by Gasteiger charge is -2.07. The van der Waals surface area contributed by atoms with Crippen LogP contribution in [0.15, 0.2) is 42.6 Å². The number of nitrogens with one attached hydrogen (secondary N) is 1. The predicted molar refractivity (Wildman–Crippen MR) is 68.9 cm³/mol. The Morgan fingerprint density at radius 2 is 2.50 bits per heavy atom. The van der Waals surface area contributed by atoms with Gasteiger partial charge < -0.3 is 9.88 Å². The lowest BCUT2D eigenvalue weighted by molar-refractivity contribution is 0.707. The lowest BCUT2D eigenvalue weighted by atomic mass is 10.3. The van der Waals surface area contributed by atoms with Crippen molar-refractivity contribution in [2.75, 3.05) is 11.9 Å². The molecule has 0 aliphatic heterocycles. The van der Waals surface area contributed by atoms with E-state index in [4.69, 9.17) is 0 Å².